The van der Waals surface area contributed by atoms with Crippen LogP contribution in [0.3, 0.4) is 0 Å². The standard InChI is InChI=1S/C13H21N5O/c1-17-6-5-9-3-4-10(8-17)18(9)11-7-12(19-2)16-13(14)15-11/h7,9-10H,3-6,8H2,1-2H3,(H2,14,15,16)/t9-,10+/m1/s1. The molecule has 0 spiro atoms. The molecule has 2 N–H and O–H groups in total. The van der Waals surface area contributed by atoms with Crippen molar-refractivity contribution in [2.75, 3.05) is 37.9 Å². The van der Waals surface area contributed by atoms with Gasteiger partial charge in [0.2, 0.25) is 11.8 Å². The number of rotatable bonds is 2. The maximum atomic E-state index is 5.78. The summed E-state index contributed by atoms with van der Waals surface area (Å²) < 4.78 is 5.20. The van der Waals surface area contributed by atoms with E-state index >= 15 is 0 Å². The van der Waals surface area contributed by atoms with Gasteiger partial charge in [-0.15, -0.1) is 0 Å². The van der Waals surface area contributed by atoms with Crippen LogP contribution in [0.2, 0.25) is 0 Å². The number of nitrogens with zero attached hydrogens (tertiary/aromatic N) is 4. The van der Waals surface area contributed by atoms with Crippen molar-refractivity contribution in [3.63, 3.8) is 0 Å². The Kier molecular flexibility index (Phi) is 3.18. The van der Waals surface area contributed by atoms with E-state index < -0.39 is 0 Å². The first kappa shape index (κ1) is 12.5. The number of fused-ring (bicyclic) bond motifs is 2. The lowest BCUT2D eigenvalue weighted by molar-refractivity contribution is 0.315. The molecule has 19 heavy (non-hydrogen) atoms. The maximum Gasteiger partial charge on any atom is 0.225 e. The molecular weight excluding hydrogens is 242 g/mol. The van der Waals surface area contributed by atoms with Gasteiger partial charge in [-0.1, -0.05) is 0 Å². The zero-order valence-corrected chi connectivity index (χ0v) is 11.5. The Morgan fingerprint density at radius 2 is 2.05 bits per heavy atom. The van der Waals surface area contributed by atoms with Crippen LogP contribution in [0.25, 0.3) is 0 Å². The fourth-order valence-electron chi connectivity index (χ4n) is 3.29. The highest BCUT2D eigenvalue weighted by Gasteiger charge is 2.37. The molecule has 0 amide bonds. The van der Waals surface area contributed by atoms with Crippen molar-refractivity contribution >= 4 is 11.8 Å². The summed E-state index contributed by atoms with van der Waals surface area (Å²) in [5, 5.41) is 0. The predicted octanol–water partition coefficient (Wildman–Crippen LogP) is 0.740. The molecule has 2 saturated heterocycles. The first-order valence-corrected chi connectivity index (χ1v) is 6.83. The molecule has 104 valence electrons. The normalized spacial score (nSPS) is 27.4. The van der Waals surface area contributed by atoms with Gasteiger partial charge >= 0.3 is 0 Å². The summed E-state index contributed by atoms with van der Waals surface area (Å²) in [6.07, 6.45) is 3.64. The van der Waals surface area contributed by atoms with Crippen molar-refractivity contribution in [2.24, 2.45) is 0 Å². The smallest absolute Gasteiger partial charge is 0.225 e. The number of nitrogens with two attached hydrogens (primary N) is 1. The van der Waals surface area contributed by atoms with Gasteiger partial charge in [-0.3, -0.25) is 0 Å². The summed E-state index contributed by atoms with van der Waals surface area (Å²) in [5.74, 6) is 1.73. The summed E-state index contributed by atoms with van der Waals surface area (Å²) in [7, 11) is 3.80. The first-order valence-electron chi connectivity index (χ1n) is 6.83. The number of hydrogen-bond acceptors (Lipinski definition) is 6. The monoisotopic (exact) mass is 263 g/mol. The number of anilines is 2. The van der Waals surface area contributed by atoms with Crippen LogP contribution in [0.5, 0.6) is 5.88 Å². The topological polar surface area (TPSA) is 67.5 Å². The van der Waals surface area contributed by atoms with Gasteiger partial charge in [0.05, 0.1) is 7.11 Å². The number of aromatic nitrogens is 2. The summed E-state index contributed by atoms with van der Waals surface area (Å²) >= 11 is 0. The van der Waals surface area contributed by atoms with Gasteiger partial charge in [0.25, 0.3) is 0 Å². The molecule has 2 aliphatic heterocycles. The molecule has 2 aliphatic rings. The molecule has 0 aliphatic carbocycles. The minimum atomic E-state index is 0.284. The van der Waals surface area contributed by atoms with Crippen molar-refractivity contribution < 1.29 is 4.74 Å². The quantitative estimate of drug-likeness (QED) is 0.849. The van der Waals surface area contributed by atoms with E-state index in [1.54, 1.807) is 7.11 Å². The largest absolute Gasteiger partial charge is 0.481 e. The molecular formula is C13H21N5O. The second kappa shape index (κ2) is 4.85. The zero-order valence-electron chi connectivity index (χ0n) is 11.5. The van der Waals surface area contributed by atoms with Gasteiger partial charge in [-0.2, -0.15) is 9.97 Å². The fourth-order valence-corrected chi connectivity index (χ4v) is 3.29. The second-order valence-electron chi connectivity index (χ2n) is 5.47. The van der Waals surface area contributed by atoms with Gasteiger partial charge in [-0.05, 0) is 32.9 Å². The molecule has 3 rings (SSSR count). The van der Waals surface area contributed by atoms with Gasteiger partial charge in [0.15, 0.2) is 0 Å². The molecule has 2 fully saturated rings. The molecule has 1 aromatic heterocycles. The maximum absolute atomic E-state index is 5.78. The molecule has 1 aromatic rings. The third-order valence-corrected chi connectivity index (χ3v) is 4.17. The molecule has 2 bridgehead atoms. The SMILES string of the molecule is COc1cc(N2[C@@H]3CC[C@H]2CN(C)CC3)nc(N)n1. The lowest BCUT2D eigenvalue weighted by Crippen LogP contribution is -2.39. The Morgan fingerprint density at radius 3 is 2.84 bits per heavy atom. The highest BCUT2D eigenvalue weighted by molar-refractivity contribution is 5.49. The number of nitrogen functional groups attached to an aromatic ring is 1. The van der Waals surface area contributed by atoms with Crippen molar-refractivity contribution in [3.8, 4) is 5.88 Å². The summed E-state index contributed by atoms with van der Waals surface area (Å²) in [4.78, 5) is 13.3. The molecule has 0 radical (unpaired) electrons. The summed E-state index contributed by atoms with van der Waals surface area (Å²) in [6.45, 7) is 2.23. The van der Waals surface area contributed by atoms with Crippen LogP contribution in [-0.2, 0) is 0 Å². The van der Waals surface area contributed by atoms with Crippen LogP contribution < -0.4 is 15.4 Å². The third-order valence-electron chi connectivity index (χ3n) is 4.17. The Morgan fingerprint density at radius 1 is 1.26 bits per heavy atom. The number of hydrogen-bond donors (Lipinski definition) is 1. The lowest BCUT2D eigenvalue weighted by atomic mass is 10.1. The minimum Gasteiger partial charge on any atom is -0.481 e. The van der Waals surface area contributed by atoms with E-state index in [1.807, 2.05) is 6.07 Å². The number of likely N-dealkylation sites (tertiary alicyclic amines) is 1. The van der Waals surface area contributed by atoms with E-state index in [4.69, 9.17) is 10.5 Å². The van der Waals surface area contributed by atoms with Crippen LogP contribution >= 0.6 is 0 Å². The Labute approximate surface area is 113 Å². The Balaban J connectivity index is 1.94. The average molecular weight is 263 g/mol. The molecule has 0 saturated carbocycles. The zero-order chi connectivity index (χ0) is 13.4. The molecule has 6 heteroatoms. The van der Waals surface area contributed by atoms with E-state index in [0.29, 0.717) is 18.0 Å². The summed E-state index contributed by atoms with van der Waals surface area (Å²) in [5.41, 5.74) is 5.78. The predicted molar refractivity (Wildman–Crippen MR) is 74.4 cm³/mol. The Hall–Kier alpha value is -1.56. The first-order chi connectivity index (χ1) is 9.17. The molecule has 6 nitrogen and oxygen atoms in total. The van der Waals surface area contributed by atoms with E-state index in [9.17, 15) is 0 Å². The van der Waals surface area contributed by atoms with E-state index in [0.717, 1.165) is 18.9 Å². The van der Waals surface area contributed by atoms with Crippen LogP contribution in [0.1, 0.15) is 19.3 Å². The van der Waals surface area contributed by atoms with Crippen LogP contribution in [0, 0.1) is 0 Å². The van der Waals surface area contributed by atoms with Crippen LogP contribution in [0.15, 0.2) is 6.07 Å². The van der Waals surface area contributed by atoms with E-state index in [1.165, 1.54) is 19.3 Å². The fraction of sp³-hybridized carbons (Fsp3) is 0.692. The number of ether oxygens (including phenoxy) is 1. The summed E-state index contributed by atoms with van der Waals surface area (Å²) in [6, 6.07) is 2.98. The van der Waals surface area contributed by atoms with Crippen molar-refractivity contribution in [1.82, 2.24) is 14.9 Å². The second-order valence-corrected chi connectivity index (χ2v) is 5.47. The highest BCUT2D eigenvalue weighted by Crippen LogP contribution is 2.34. The molecule has 2 atom stereocenters. The van der Waals surface area contributed by atoms with Crippen molar-refractivity contribution in [1.29, 1.82) is 0 Å². The number of methoxy groups -OCH3 is 1. The van der Waals surface area contributed by atoms with E-state index in [-0.39, 0.29) is 5.95 Å². The Bertz CT molecular complexity index is 466. The van der Waals surface area contributed by atoms with Gasteiger partial charge in [-0.25, -0.2) is 0 Å². The van der Waals surface area contributed by atoms with Crippen molar-refractivity contribution in [3.05, 3.63) is 6.07 Å². The molecule has 0 unspecified atom stereocenters. The van der Waals surface area contributed by atoms with Gasteiger partial charge in [0, 0.05) is 24.7 Å². The number of likely N-dealkylation sites (N-methyl/N-ethyl adjacent to an activating group) is 1. The van der Waals surface area contributed by atoms with Crippen LogP contribution in [-0.4, -0.2) is 54.2 Å². The van der Waals surface area contributed by atoms with E-state index in [2.05, 4.69) is 26.8 Å². The minimum absolute atomic E-state index is 0.284. The third kappa shape index (κ3) is 2.32. The molecule has 0 aromatic carbocycles. The molecule has 3 heterocycles. The van der Waals surface area contributed by atoms with Crippen molar-refractivity contribution in [2.45, 2.75) is 31.3 Å². The van der Waals surface area contributed by atoms with Gasteiger partial charge in [0.1, 0.15) is 5.82 Å². The highest BCUT2D eigenvalue weighted by atomic mass is 16.5. The van der Waals surface area contributed by atoms with Crippen LogP contribution in [0.4, 0.5) is 11.8 Å². The lowest BCUT2D eigenvalue weighted by Gasteiger charge is -2.29. The van der Waals surface area contributed by atoms with Gasteiger partial charge < -0.3 is 20.3 Å². The average Bonchev–Trinajstić information content (AvgIpc) is 2.69.